The third-order valence-corrected chi connectivity index (χ3v) is 3.35. The second-order valence-electron chi connectivity index (χ2n) is 4.92. The van der Waals surface area contributed by atoms with Gasteiger partial charge in [-0.15, -0.1) is 5.46 Å². The van der Waals surface area contributed by atoms with Gasteiger partial charge in [0, 0.05) is 0 Å². The Balaban J connectivity index is 0.00000242. The van der Waals surface area contributed by atoms with E-state index >= 15 is 0 Å². The molecule has 0 saturated heterocycles. The van der Waals surface area contributed by atoms with Gasteiger partial charge in [-0.25, -0.2) is 4.39 Å². The molecule has 0 heterocycles. The summed E-state index contributed by atoms with van der Waals surface area (Å²) >= 11 is 0. The molecule has 0 atom stereocenters. The molecule has 0 aromatic heterocycles. The summed E-state index contributed by atoms with van der Waals surface area (Å²) in [6, 6.07) is 7.84. The first-order valence-electron chi connectivity index (χ1n) is 6.46. The topological polar surface area (TPSA) is 9.23 Å². The zero-order valence-electron chi connectivity index (χ0n) is 12.7. The summed E-state index contributed by atoms with van der Waals surface area (Å²) in [5.41, 5.74) is 1.88. The van der Waals surface area contributed by atoms with Crippen molar-refractivity contribution in [2.45, 2.75) is 20.5 Å². The Bertz CT molecular complexity index is 638. The van der Waals surface area contributed by atoms with Crippen molar-refractivity contribution >= 4 is 12.4 Å². The van der Waals surface area contributed by atoms with E-state index in [4.69, 9.17) is 4.74 Å². The van der Waals surface area contributed by atoms with Gasteiger partial charge in [0.15, 0.2) is 11.6 Å². The molecule has 0 saturated carbocycles. The minimum Gasteiger partial charge on any atom is -0.486 e. The van der Waals surface area contributed by atoms with Gasteiger partial charge in [0.25, 0.3) is 0 Å². The molecule has 2 rings (SSSR count). The summed E-state index contributed by atoms with van der Waals surface area (Å²) in [6.07, 6.45) is 0. The van der Waals surface area contributed by atoms with E-state index in [1.807, 2.05) is 32.0 Å². The van der Waals surface area contributed by atoms with Crippen LogP contribution in [-0.2, 0) is 6.61 Å². The first-order valence-corrected chi connectivity index (χ1v) is 6.46. The van der Waals surface area contributed by atoms with Crippen LogP contribution in [0, 0.1) is 19.7 Å². The van der Waals surface area contributed by atoms with E-state index in [-0.39, 0.29) is 63.7 Å². The third-order valence-electron chi connectivity index (χ3n) is 3.35. The van der Waals surface area contributed by atoms with Crippen molar-refractivity contribution in [1.29, 1.82) is 0 Å². The van der Waals surface area contributed by atoms with E-state index in [0.29, 0.717) is 6.07 Å². The molecule has 1 nitrogen and oxygen atoms in total. The molecule has 22 heavy (non-hydrogen) atoms. The summed E-state index contributed by atoms with van der Waals surface area (Å²) < 4.78 is 56.9. The van der Waals surface area contributed by atoms with E-state index in [2.05, 4.69) is 0 Å². The van der Waals surface area contributed by atoms with Gasteiger partial charge in [0.05, 0.1) is 0 Å². The molecule has 0 aliphatic carbocycles. The summed E-state index contributed by atoms with van der Waals surface area (Å²) in [6.45, 7) is -1.40. The monoisotopic (exact) mass is 336 g/mol. The molecule has 0 aliphatic rings. The molecule has 7 heteroatoms. The minimum absolute atomic E-state index is 0. The average Bonchev–Trinajstić information content (AvgIpc) is 2.38. The maximum Gasteiger partial charge on any atom is 1.00 e. The summed E-state index contributed by atoms with van der Waals surface area (Å²) in [5.74, 6) is -1.18. The second kappa shape index (κ2) is 7.97. The number of aryl methyl sites for hydroxylation is 2. The fraction of sp³-hybridized carbons (Fsp3) is 0.200. The number of rotatable bonds is 4. The van der Waals surface area contributed by atoms with E-state index in [1.165, 1.54) is 0 Å². The molecule has 0 unspecified atom stereocenters. The van der Waals surface area contributed by atoms with Crippen LogP contribution >= 0.6 is 0 Å². The van der Waals surface area contributed by atoms with E-state index in [1.54, 1.807) is 0 Å². The van der Waals surface area contributed by atoms with E-state index in [0.717, 1.165) is 28.8 Å². The fourth-order valence-electron chi connectivity index (χ4n) is 2.06. The average molecular weight is 336 g/mol. The van der Waals surface area contributed by atoms with Crippen molar-refractivity contribution in [1.82, 2.24) is 0 Å². The number of hydrogen-bond donors (Lipinski definition) is 0. The van der Waals surface area contributed by atoms with Crippen LogP contribution in [-0.4, -0.2) is 6.98 Å². The van der Waals surface area contributed by atoms with Crippen LogP contribution < -0.4 is 61.6 Å². The van der Waals surface area contributed by atoms with Crippen LogP contribution in [0.2, 0.25) is 0 Å². The Morgan fingerprint density at radius 1 is 1.00 bits per heavy atom. The standard InChI is InChI=1S/C15H14BF4O.K/c1-10-4-3-5-11(2)13(10)9-21-15-8-12(16(18,19)20)6-7-14(15)17;/h3-8H,9H2,1-2H3;/q-1;+1. The van der Waals surface area contributed by atoms with Crippen LogP contribution in [0.15, 0.2) is 36.4 Å². The van der Waals surface area contributed by atoms with Crippen molar-refractivity contribution < 1.29 is 73.5 Å². The normalized spacial score (nSPS) is 11.0. The van der Waals surface area contributed by atoms with Crippen LogP contribution in [0.25, 0.3) is 0 Å². The Labute approximate surface area is 169 Å². The van der Waals surface area contributed by atoms with Crippen molar-refractivity contribution in [2.24, 2.45) is 0 Å². The summed E-state index contributed by atoms with van der Waals surface area (Å²) in [5, 5.41) is 0. The zero-order valence-corrected chi connectivity index (χ0v) is 15.8. The van der Waals surface area contributed by atoms with Crippen LogP contribution in [0.3, 0.4) is 0 Å². The van der Waals surface area contributed by atoms with Crippen LogP contribution in [0.4, 0.5) is 17.3 Å². The molecule has 0 N–H and O–H groups in total. The maximum absolute atomic E-state index is 13.6. The van der Waals surface area contributed by atoms with Gasteiger partial charge in [0.1, 0.15) is 6.61 Å². The van der Waals surface area contributed by atoms with E-state index < -0.39 is 18.3 Å². The summed E-state index contributed by atoms with van der Waals surface area (Å²) in [4.78, 5) is 0. The smallest absolute Gasteiger partial charge is 0.486 e. The van der Waals surface area contributed by atoms with Crippen molar-refractivity contribution in [2.75, 3.05) is 0 Å². The molecule has 0 fully saturated rings. The largest absolute Gasteiger partial charge is 1.00 e. The van der Waals surface area contributed by atoms with Crippen molar-refractivity contribution in [3.63, 3.8) is 0 Å². The zero-order chi connectivity index (χ0) is 15.6. The first-order chi connectivity index (χ1) is 9.79. The predicted molar refractivity (Wildman–Crippen MR) is 75.4 cm³/mol. The number of benzene rings is 2. The van der Waals surface area contributed by atoms with Crippen LogP contribution in [0.1, 0.15) is 16.7 Å². The maximum atomic E-state index is 13.6. The van der Waals surface area contributed by atoms with Gasteiger partial charge >= 0.3 is 58.4 Å². The third kappa shape index (κ3) is 4.83. The Kier molecular flexibility index (Phi) is 7.14. The van der Waals surface area contributed by atoms with Gasteiger partial charge in [-0.05, 0) is 42.7 Å². The molecule has 2 aromatic rings. The number of halogens is 4. The van der Waals surface area contributed by atoms with Gasteiger partial charge in [-0.3, -0.25) is 0 Å². The van der Waals surface area contributed by atoms with Gasteiger partial charge in [-0.2, -0.15) is 0 Å². The number of hydrogen-bond acceptors (Lipinski definition) is 1. The van der Waals surface area contributed by atoms with Gasteiger partial charge in [0.2, 0.25) is 0 Å². The quantitative estimate of drug-likeness (QED) is 0.600. The second-order valence-corrected chi connectivity index (χ2v) is 4.92. The minimum atomic E-state index is -5.17. The molecule has 0 aliphatic heterocycles. The predicted octanol–water partition coefficient (Wildman–Crippen LogP) is 1.08. The summed E-state index contributed by atoms with van der Waals surface area (Å²) in [7, 11) is 0. The Morgan fingerprint density at radius 2 is 1.59 bits per heavy atom. The number of ether oxygens (including phenoxy) is 1. The SMILES string of the molecule is Cc1cccc(C)c1COc1cc([B-](F)(F)F)ccc1F.[K+]. The van der Waals surface area contributed by atoms with Gasteiger partial charge < -0.3 is 17.7 Å². The van der Waals surface area contributed by atoms with E-state index in [9.17, 15) is 17.3 Å². The fourth-order valence-corrected chi connectivity index (χ4v) is 2.06. The molecule has 112 valence electrons. The molecule has 2 aromatic carbocycles. The van der Waals surface area contributed by atoms with Crippen LogP contribution in [0.5, 0.6) is 5.75 Å². The Morgan fingerprint density at radius 3 is 2.14 bits per heavy atom. The molecular formula is C15H14BF4KO. The molecule has 0 spiro atoms. The van der Waals surface area contributed by atoms with Crippen molar-refractivity contribution in [3.8, 4) is 5.75 Å². The van der Waals surface area contributed by atoms with Gasteiger partial charge in [-0.1, -0.05) is 24.3 Å². The Hall–Kier alpha value is -0.339. The molecule has 0 radical (unpaired) electrons. The van der Waals surface area contributed by atoms with Crippen molar-refractivity contribution in [3.05, 3.63) is 58.9 Å². The first kappa shape index (κ1) is 19.7. The molecule has 0 bridgehead atoms. The molecule has 0 amide bonds. The molecular weight excluding hydrogens is 322 g/mol.